The van der Waals surface area contributed by atoms with Crippen LogP contribution >= 0.6 is 11.3 Å². The number of anilines is 2. The van der Waals surface area contributed by atoms with Gasteiger partial charge in [-0.25, -0.2) is 4.98 Å². The molecule has 1 amide bonds. The quantitative estimate of drug-likeness (QED) is 0.0764. The first kappa shape index (κ1) is 40.3. The van der Waals surface area contributed by atoms with E-state index in [9.17, 15) is 24.6 Å². The number of aromatic nitrogens is 2. The lowest BCUT2D eigenvalue weighted by Crippen LogP contribution is -2.48. The summed E-state index contributed by atoms with van der Waals surface area (Å²) in [6, 6.07) is 16.3. The van der Waals surface area contributed by atoms with Crippen molar-refractivity contribution in [3.05, 3.63) is 95.4 Å². The number of carboxylic acids is 2. The van der Waals surface area contributed by atoms with Crippen LogP contribution in [-0.2, 0) is 25.5 Å². The van der Waals surface area contributed by atoms with Crippen molar-refractivity contribution in [2.24, 2.45) is 10.8 Å². The molecular weight excluding hydrogens is 735 g/mol. The number of thiazole rings is 1. The second-order valence-electron chi connectivity index (χ2n) is 14.6. The first-order valence-corrected chi connectivity index (χ1v) is 20.0. The second-order valence-corrected chi connectivity index (χ2v) is 15.6. The van der Waals surface area contributed by atoms with Crippen molar-refractivity contribution in [3.8, 4) is 5.75 Å². The van der Waals surface area contributed by atoms with Gasteiger partial charge < -0.3 is 44.5 Å². The van der Waals surface area contributed by atoms with E-state index in [0.29, 0.717) is 18.1 Å². The molecule has 1 aliphatic heterocycles. The van der Waals surface area contributed by atoms with Crippen molar-refractivity contribution in [2.45, 2.75) is 52.5 Å². The molecule has 0 spiro atoms. The van der Waals surface area contributed by atoms with Gasteiger partial charge in [-0.05, 0) is 74.7 Å². The van der Waals surface area contributed by atoms with Crippen LogP contribution in [0.3, 0.4) is 0 Å². The first-order valence-electron chi connectivity index (χ1n) is 19.1. The first-order chi connectivity index (χ1) is 27.0. The molecule has 14 heteroatoms. The molecule has 2 aromatic carbocycles. The van der Waals surface area contributed by atoms with E-state index >= 15 is 0 Å². The number of amides is 1. The van der Waals surface area contributed by atoms with E-state index in [1.165, 1.54) is 54.4 Å². The number of carbonyl (C=O) groups is 3. The average Bonchev–Trinajstić information content (AvgIpc) is 3.86. The Hall–Kier alpha value is -5.34. The van der Waals surface area contributed by atoms with E-state index in [4.69, 9.17) is 14.2 Å². The number of piperazine rings is 1. The highest BCUT2D eigenvalue weighted by Crippen LogP contribution is 2.46. The highest BCUT2D eigenvalue weighted by molar-refractivity contribution is 7.17. The van der Waals surface area contributed by atoms with Gasteiger partial charge in [-0.2, -0.15) is 0 Å². The fraction of sp³-hybridized carbons (Fsp3) is 0.429. The zero-order valence-electron chi connectivity index (χ0n) is 32.2. The smallest absolute Gasteiger partial charge is 0.314 e. The number of fused-ring (bicyclic) bond motifs is 1. The predicted molar refractivity (Wildman–Crippen MR) is 217 cm³/mol. The van der Waals surface area contributed by atoms with E-state index in [0.717, 1.165) is 73.9 Å². The number of nitrogens with one attached hydrogen (secondary N) is 2. The maximum atomic E-state index is 13.4. The van der Waals surface area contributed by atoms with Crippen LogP contribution in [0, 0.1) is 10.8 Å². The SMILES string of the molecule is CCCCC(Cc1c[nH]c2ccccc12)NC(=O)c1cnc(N2CCN(c3ccc(OCCOCCOC4=CC(C)(C(=O)O)C(C)(C(=O)O)C=C4)cc3)CC2)s1. The Morgan fingerprint density at radius 1 is 0.929 bits per heavy atom. The number of carbonyl (C=O) groups excluding carboxylic acids is 1. The third-order valence-electron chi connectivity index (χ3n) is 10.8. The summed E-state index contributed by atoms with van der Waals surface area (Å²) < 4.78 is 17.1. The van der Waals surface area contributed by atoms with Crippen molar-refractivity contribution >= 4 is 50.9 Å². The number of hydrogen-bond acceptors (Lipinski definition) is 10. The second kappa shape index (κ2) is 18.1. The number of hydrogen-bond donors (Lipinski definition) is 4. The summed E-state index contributed by atoms with van der Waals surface area (Å²) in [5.41, 5.74) is 0.173. The number of allylic oxidation sites excluding steroid dienone is 1. The number of rotatable bonds is 19. The summed E-state index contributed by atoms with van der Waals surface area (Å²) in [6.45, 7) is 9.24. The highest BCUT2D eigenvalue weighted by atomic mass is 32.1. The number of aromatic amines is 1. The number of aliphatic carboxylic acids is 2. The molecule has 3 atom stereocenters. The molecule has 0 radical (unpaired) electrons. The molecule has 1 fully saturated rings. The molecule has 4 aromatic rings. The van der Waals surface area contributed by atoms with Crippen LogP contribution in [0.1, 0.15) is 55.3 Å². The number of para-hydroxylation sites is 1. The van der Waals surface area contributed by atoms with Gasteiger partial charge in [0.05, 0.1) is 19.4 Å². The van der Waals surface area contributed by atoms with Crippen molar-refractivity contribution in [2.75, 3.05) is 62.4 Å². The molecule has 3 unspecified atom stereocenters. The van der Waals surface area contributed by atoms with Gasteiger partial charge >= 0.3 is 11.9 Å². The maximum Gasteiger partial charge on any atom is 0.314 e. The minimum atomic E-state index is -1.66. The zero-order valence-corrected chi connectivity index (χ0v) is 33.0. The van der Waals surface area contributed by atoms with Gasteiger partial charge in [0.2, 0.25) is 0 Å². The highest BCUT2D eigenvalue weighted by Gasteiger charge is 2.54. The van der Waals surface area contributed by atoms with E-state index in [-0.39, 0.29) is 30.9 Å². The van der Waals surface area contributed by atoms with Gasteiger partial charge in [0.15, 0.2) is 5.13 Å². The third kappa shape index (κ3) is 9.19. The van der Waals surface area contributed by atoms with Crippen molar-refractivity contribution in [1.29, 1.82) is 0 Å². The van der Waals surface area contributed by atoms with E-state index in [1.54, 1.807) is 6.20 Å². The Morgan fingerprint density at radius 2 is 1.62 bits per heavy atom. The Bertz CT molecular complexity index is 2040. The molecule has 56 heavy (non-hydrogen) atoms. The molecule has 0 bridgehead atoms. The van der Waals surface area contributed by atoms with Gasteiger partial charge in [0, 0.05) is 55.0 Å². The molecule has 0 saturated carbocycles. The summed E-state index contributed by atoms with van der Waals surface area (Å²) in [4.78, 5) is 50.3. The van der Waals surface area contributed by atoms with Gasteiger partial charge in [-0.1, -0.05) is 55.4 Å². The molecule has 2 aromatic heterocycles. The monoisotopic (exact) mass is 785 g/mol. The molecule has 4 N–H and O–H groups in total. The fourth-order valence-electron chi connectivity index (χ4n) is 7.03. The maximum absolute atomic E-state index is 13.4. The Balaban J connectivity index is 0.899. The lowest BCUT2D eigenvalue weighted by atomic mass is 9.63. The van der Waals surface area contributed by atoms with Gasteiger partial charge in [0.25, 0.3) is 5.91 Å². The number of H-pyrrole nitrogens is 1. The van der Waals surface area contributed by atoms with E-state index < -0.39 is 22.8 Å². The third-order valence-corrected chi connectivity index (χ3v) is 11.9. The van der Waals surface area contributed by atoms with Crippen molar-refractivity contribution in [3.63, 3.8) is 0 Å². The van der Waals surface area contributed by atoms with E-state index in [2.05, 4.69) is 50.3 Å². The molecule has 298 valence electrons. The molecule has 1 saturated heterocycles. The van der Waals surface area contributed by atoms with Crippen LogP contribution in [-0.4, -0.2) is 96.7 Å². The number of unbranched alkanes of at least 4 members (excludes halogenated alkanes) is 1. The Morgan fingerprint density at radius 3 is 2.34 bits per heavy atom. The normalized spacial score (nSPS) is 20.1. The Kier molecular flexibility index (Phi) is 13.0. The fourth-order valence-corrected chi connectivity index (χ4v) is 7.90. The van der Waals surface area contributed by atoms with Crippen LogP contribution in [0.2, 0.25) is 0 Å². The largest absolute Gasteiger partial charge is 0.492 e. The number of nitrogens with zero attached hydrogens (tertiary/aromatic N) is 3. The van der Waals surface area contributed by atoms with Crippen molar-refractivity contribution < 1.29 is 38.8 Å². The van der Waals surface area contributed by atoms with Gasteiger partial charge in [0.1, 0.15) is 40.4 Å². The lowest BCUT2D eigenvalue weighted by molar-refractivity contribution is -0.163. The lowest BCUT2D eigenvalue weighted by Gasteiger charge is -2.38. The zero-order chi connectivity index (χ0) is 39.7. The molecule has 1 aliphatic carbocycles. The summed E-state index contributed by atoms with van der Waals surface area (Å²) in [5, 5.41) is 24.7. The topological polar surface area (TPSA) is 167 Å². The van der Waals surface area contributed by atoms with E-state index in [1.807, 2.05) is 36.4 Å². The summed E-state index contributed by atoms with van der Waals surface area (Å²) in [7, 11) is 0. The molecule has 3 heterocycles. The summed E-state index contributed by atoms with van der Waals surface area (Å²) in [5.74, 6) is -1.52. The van der Waals surface area contributed by atoms with Crippen LogP contribution < -0.4 is 19.9 Å². The summed E-state index contributed by atoms with van der Waals surface area (Å²) in [6.07, 6.45) is 11.8. The molecule has 13 nitrogen and oxygen atoms in total. The van der Waals surface area contributed by atoms with Crippen LogP contribution in [0.4, 0.5) is 10.8 Å². The molecular formula is C42H51N5O8S. The Labute approximate surface area is 331 Å². The van der Waals surface area contributed by atoms with Crippen LogP contribution in [0.5, 0.6) is 5.75 Å². The molecule has 2 aliphatic rings. The standard InChI is InChI=1S/C42H51N5O8S/c1-4-5-8-30(25-29-27-43-35-10-7-6-9-34(29)35)45-37(48)36-28-44-40(56-36)47-19-17-46(18-20-47)31-11-13-32(14-12-31)54-23-21-53-22-24-55-33-15-16-41(2,38(49)50)42(3,26-33)39(51)52/h6-7,9-16,26-28,30,43H,4-5,8,17-25H2,1-3H3,(H,45,48)(H,49,50)(H,51,52). The molecule has 6 rings (SSSR count). The number of benzene rings is 2. The van der Waals surface area contributed by atoms with Crippen LogP contribution in [0.25, 0.3) is 10.9 Å². The van der Waals surface area contributed by atoms with Gasteiger partial charge in [-0.3, -0.25) is 14.4 Å². The van der Waals surface area contributed by atoms with Gasteiger partial charge in [-0.15, -0.1) is 0 Å². The minimum absolute atomic E-state index is 0.0405. The number of carboxylic acid groups (broad SMARTS) is 2. The summed E-state index contributed by atoms with van der Waals surface area (Å²) >= 11 is 1.45. The number of ether oxygens (including phenoxy) is 3. The van der Waals surface area contributed by atoms with Crippen LogP contribution in [0.15, 0.2) is 84.9 Å². The minimum Gasteiger partial charge on any atom is -0.492 e. The van der Waals surface area contributed by atoms with Crippen molar-refractivity contribution in [1.82, 2.24) is 15.3 Å². The average molecular weight is 786 g/mol. The predicted octanol–water partition coefficient (Wildman–Crippen LogP) is 6.53.